The largest absolute Gasteiger partial charge is 0.306 e. The lowest BCUT2D eigenvalue weighted by Crippen LogP contribution is -2.18. The van der Waals surface area contributed by atoms with Crippen molar-refractivity contribution >= 4 is 39.1 Å². The first-order valence-electron chi connectivity index (χ1n) is 5.99. The second-order valence-electron chi connectivity index (χ2n) is 4.36. The van der Waals surface area contributed by atoms with Crippen LogP contribution in [0.2, 0.25) is 10.0 Å². The summed E-state index contributed by atoms with van der Waals surface area (Å²) in [6.45, 7) is 2.79. The fraction of sp³-hybridized carbons (Fsp3) is 0.200. The van der Waals surface area contributed by atoms with Crippen LogP contribution in [0.5, 0.6) is 0 Å². The average molecular weight is 359 g/mol. The quantitative estimate of drug-likeness (QED) is 0.749. The van der Waals surface area contributed by atoms with Gasteiger partial charge in [0.1, 0.15) is 0 Å². The second-order valence-corrected chi connectivity index (χ2v) is 6.09. The summed E-state index contributed by atoms with van der Waals surface area (Å²) >= 11 is 15.8. The zero-order valence-electron chi connectivity index (χ0n) is 10.5. The summed E-state index contributed by atoms with van der Waals surface area (Å²) in [5.41, 5.74) is 2.16. The number of halogens is 3. The van der Waals surface area contributed by atoms with E-state index in [1.807, 2.05) is 42.5 Å². The normalized spacial score (nSPS) is 12.4. The van der Waals surface area contributed by atoms with Crippen molar-refractivity contribution in [3.05, 3.63) is 68.1 Å². The van der Waals surface area contributed by atoms with Crippen LogP contribution < -0.4 is 5.32 Å². The molecule has 0 heterocycles. The minimum atomic E-state index is 0.170. The Labute approximate surface area is 132 Å². The van der Waals surface area contributed by atoms with Crippen LogP contribution in [0.3, 0.4) is 0 Å². The van der Waals surface area contributed by atoms with Crippen molar-refractivity contribution in [1.82, 2.24) is 5.32 Å². The first-order valence-corrected chi connectivity index (χ1v) is 7.54. The van der Waals surface area contributed by atoms with E-state index in [-0.39, 0.29) is 6.04 Å². The molecule has 0 bridgehead atoms. The first kappa shape index (κ1) is 14.9. The number of benzene rings is 2. The maximum Gasteiger partial charge on any atom is 0.0453 e. The molecule has 0 saturated heterocycles. The number of rotatable bonds is 4. The third-order valence-corrected chi connectivity index (χ3v) is 4.18. The van der Waals surface area contributed by atoms with Crippen LogP contribution in [0.15, 0.2) is 46.9 Å². The molecule has 0 saturated carbocycles. The van der Waals surface area contributed by atoms with Crippen LogP contribution >= 0.6 is 39.1 Å². The Balaban J connectivity index is 2.06. The van der Waals surface area contributed by atoms with Crippen LogP contribution in [0.25, 0.3) is 0 Å². The van der Waals surface area contributed by atoms with E-state index in [0.717, 1.165) is 25.6 Å². The molecular formula is C15H14BrCl2N. The van der Waals surface area contributed by atoms with Crippen molar-refractivity contribution < 1.29 is 0 Å². The van der Waals surface area contributed by atoms with Gasteiger partial charge in [-0.2, -0.15) is 0 Å². The van der Waals surface area contributed by atoms with Crippen LogP contribution in [-0.4, -0.2) is 0 Å². The molecule has 0 aromatic heterocycles. The standard InChI is InChI=1S/C15H14BrCl2N/c1-10(13-4-2-3-5-15(13)18)19-9-11-8-12(16)6-7-14(11)17/h2-8,10,19H,9H2,1H3/t10-/m0/s1. The van der Waals surface area contributed by atoms with E-state index in [4.69, 9.17) is 23.2 Å². The number of nitrogens with one attached hydrogen (secondary N) is 1. The summed E-state index contributed by atoms with van der Waals surface area (Å²) in [4.78, 5) is 0. The molecule has 2 rings (SSSR count). The molecule has 4 heteroatoms. The molecule has 1 atom stereocenters. The summed E-state index contributed by atoms with van der Waals surface area (Å²) in [6.07, 6.45) is 0. The van der Waals surface area contributed by atoms with Crippen molar-refractivity contribution in [3.8, 4) is 0 Å². The lowest BCUT2D eigenvalue weighted by atomic mass is 10.1. The molecule has 0 amide bonds. The van der Waals surface area contributed by atoms with Crippen molar-refractivity contribution in [1.29, 1.82) is 0 Å². The Bertz CT molecular complexity index is 572. The van der Waals surface area contributed by atoms with Gasteiger partial charge in [0, 0.05) is 27.1 Å². The maximum atomic E-state index is 6.18. The highest BCUT2D eigenvalue weighted by molar-refractivity contribution is 9.10. The Morgan fingerprint density at radius 2 is 1.84 bits per heavy atom. The van der Waals surface area contributed by atoms with Crippen LogP contribution in [-0.2, 0) is 6.54 Å². The van der Waals surface area contributed by atoms with E-state index < -0.39 is 0 Å². The third kappa shape index (κ3) is 3.96. The SMILES string of the molecule is C[C@H](NCc1cc(Br)ccc1Cl)c1ccccc1Cl. The Hall–Kier alpha value is -0.540. The smallest absolute Gasteiger partial charge is 0.0453 e. The summed E-state index contributed by atoms with van der Waals surface area (Å²) < 4.78 is 1.03. The van der Waals surface area contributed by atoms with Gasteiger partial charge in [0.15, 0.2) is 0 Å². The van der Waals surface area contributed by atoms with Gasteiger partial charge < -0.3 is 5.32 Å². The molecule has 0 aliphatic rings. The molecule has 1 N–H and O–H groups in total. The fourth-order valence-electron chi connectivity index (χ4n) is 1.88. The topological polar surface area (TPSA) is 12.0 Å². The van der Waals surface area contributed by atoms with Crippen LogP contribution in [0, 0.1) is 0 Å². The lowest BCUT2D eigenvalue weighted by molar-refractivity contribution is 0.575. The zero-order valence-corrected chi connectivity index (χ0v) is 13.6. The average Bonchev–Trinajstić information content (AvgIpc) is 2.40. The molecule has 0 aliphatic heterocycles. The summed E-state index contributed by atoms with van der Waals surface area (Å²) in [7, 11) is 0. The molecule has 0 radical (unpaired) electrons. The molecule has 0 unspecified atom stereocenters. The fourth-order valence-corrected chi connectivity index (χ4v) is 2.77. The van der Waals surface area contributed by atoms with Crippen molar-refractivity contribution in [2.45, 2.75) is 19.5 Å². The molecular weight excluding hydrogens is 345 g/mol. The third-order valence-electron chi connectivity index (χ3n) is 2.98. The van der Waals surface area contributed by atoms with Crippen LogP contribution in [0.1, 0.15) is 24.1 Å². The molecule has 2 aromatic carbocycles. The number of hydrogen-bond donors (Lipinski definition) is 1. The van der Waals surface area contributed by atoms with Gasteiger partial charge in [-0.1, -0.05) is 57.3 Å². The van der Waals surface area contributed by atoms with Gasteiger partial charge in [-0.05, 0) is 42.3 Å². The molecule has 19 heavy (non-hydrogen) atoms. The summed E-state index contributed by atoms with van der Waals surface area (Å²) in [5, 5.41) is 4.98. The monoisotopic (exact) mass is 357 g/mol. The lowest BCUT2D eigenvalue weighted by Gasteiger charge is -2.16. The predicted octanol–water partition coefficient (Wildman–Crippen LogP) is 5.61. The van der Waals surface area contributed by atoms with E-state index in [0.29, 0.717) is 6.54 Å². The summed E-state index contributed by atoms with van der Waals surface area (Å²) in [5.74, 6) is 0. The van der Waals surface area contributed by atoms with Crippen molar-refractivity contribution in [3.63, 3.8) is 0 Å². The Morgan fingerprint density at radius 3 is 2.58 bits per heavy atom. The van der Waals surface area contributed by atoms with Gasteiger partial charge in [0.25, 0.3) is 0 Å². The van der Waals surface area contributed by atoms with E-state index in [2.05, 4.69) is 28.2 Å². The minimum absolute atomic E-state index is 0.170. The van der Waals surface area contributed by atoms with Gasteiger partial charge >= 0.3 is 0 Å². The maximum absolute atomic E-state index is 6.18. The van der Waals surface area contributed by atoms with Crippen molar-refractivity contribution in [2.75, 3.05) is 0 Å². The predicted molar refractivity (Wildman–Crippen MR) is 85.9 cm³/mol. The summed E-state index contributed by atoms with van der Waals surface area (Å²) in [6, 6.07) is 13.9. The minimum Gasteiger partial charge on any atom is -0.306 e. The van der Waals surface area contributed by atoms with Gasteiger partial charge in [0.2, 0.25) is 0 Å². The molecule has 100 valence electrons. The zero-order chi connectivity index (χ0) is 13.8. The van der Waals surface area contributed by atoms with Gasteiger partial charge in [0.05, 0.1) is 0 Å². The highest BCUT2D eigenvalue weighted by atomic mass is 79.9. The van der Waals surface area contributed by atoms with Crippen molar-refractivity contribution in [2.24, 2.45) is 0 Å². The van der Waals surface area contributed by atoms with Gasteiger partial charge in [-0.3, -0.25) is 0 Å². The van der Waals surface area contributed by atoms with E-state index in [1.54, 1.807) is 0 Å². The Kier molecular flexibility index (Phi) is 5.28. The number of hydrogen-bond acceptors (Lipinski definition) is 1. The highest BCUT2D eigenvalue weighted by Gasteiger charge is 2.09. The molecule has 2 aromatic rings. The highest BCUT2D eigenvalue weighted by Crippen LogP contribution is 2.24. The molecule has 0 aliphatic carbocycles. The van der Waals surface area contributed by atoms with E-state index in [9.17, 15) is 0 Å². The first-order chi connectivity index (χ1) is 9.08. The van der Waals surface area contributed by atoms with Crippen LogP contribution in [0.4, 0.5) is 0 Å². The van der Waals surface area contributed by atoms with Gasteiger partial charge in [-0.15, -0.1) is 0 Å². The molecule has 0 spiro atoms. The molecule has 0 fully saturated rings. The Morgan fingerprint density at radius 1 is 1.11 bits per heavy atom. The van der Waals surface area contributed by atoms with Gasteiger partial charge in [-0.25, -0.2) is 0 Å². The van der Waals surface area contributed by atoms with E-state index in [1.165, 1.54) is 0 Å². The van der Waals surface area contributed by atoms with E-state index >= 15 is 0 Å². The molecule has 1 nitrogen and oxygen atoms in total. The second kappa shape index (κ2) is 6.76.